The molecule has 5 nitrogen and oxygen atoms in total. The van der Waals surface area contributed by atoms with Gasteiger partial charge in [-0.25, -0.2) is 4.98 Å². The Morgan fingerprint density at radius 3 is 2.86 bits per heavy atom. The average molecular weight is 217 g/mol. The molecule has 0 aliphatic carbocycles. The van der Waals surface area contributed by atoms with Crippen molar-refractivity contribution in [3.8, 4) is 0 Å². The van der Waals surface area contributed by atoms with Crippen molar-refractivity contribution in [3.05, 3.63) is 11.6 Å². The van der Waals surface area contributed by atoms with Crippen molar-refractivity contribution in [1.29, 1.82) is 0 Å². The molecule has 14 heavy (non-hydrogen) atoms. The summed E-state index contributed by atoms with van der Waals surface area (Å²) in [5.74, 6) is 1.09. The summed E-state index contributed by atoms with van der Waals surface area (Å²) >= 11 is 5.39. The molecule has 1 amide bonds. The lowest BCUT2D eigenvalue weighted by molar-refractivity contribution is -0.119. The molecule has 0 aliphatic heterocycles. The van der Waals surface area contributed by atoms with E-state index in [-0.39, 0.29) is 17.8 Å². The monoisotopic (exact) mass is 216 g/mol. The average Bonchev–Trinajstić information content (AvgIpc) is 2.60. The zero-order valence-corrected chi connectivity index (χ0v) is 8.93. The minimum atomic E-state index is -0.207. The Morgan fingerprint density at radius 1 is 1.71 bits per heavy atom. The van der Waals surface area contributed by atoms with Crippen LogP contribution in [-0.2, 0) is 4.79 Å². The topological polar surface area (TPSA) is 70.7 Å². The summed E-state index contributed by atoms with van der Waals surface area (Å²) in [5.41, 5.74) is 0. The first-order chi connectivity index (χ1) is 6.67. The van der Waals surface area contributed by atoms with Gasteiger partial charge in [-0.1, -0.05) is 6.92 Å². The number of H-pyrrole nitrogens is 1. The minimum absolute atomic E-state index is 0.0418. The number of halogens is 1. The number of nitrogens with zero attached hydrogens (tertiary/aromatic N) is 2. The second-order valence-corrected chi connectivity index (χ2v) is 3.21. The van der Waals surface area contributed by atoms with Crippen molar-refractivity contribution in [2.45, 2.75) is 26.3 Å². The first-order valence-electron chi connectivity index (χ1n) is 4.41. The Kier molecular flexibility index (Phi) is 3.88. The predicted molar refractivity (Wildman–Crippen MR) is 53.0 cm³/mol. The van der Waals surface area contributed by atoms with Crippen LogP contribution in [0.5, 0.6) is 0 Å². The molecule has 0 aromatic carbocycles. The molecular weight excluding hydrogens is 204 g/mol. The molecule has 0 radical (unpaired) electrons. The summed E-state index contributed by atoms with van der Waals surface area (Å²) in [4.78, 5) is 15.2. The lowest BCUT2D eigenvalue weighted by Gasteiger charge is -2.11. The van der Waals surface area contributed by atoms with E-state index < -0.39 is 0 Å². The van der Waals surface area contributed by atoms with E-state index in [1.54, 1.807) is 0 Å². The molecule has 6 heteroatoms. The van der Waals surface area contributed by atoms with Crippen molar-refractivity contribution in [2.75, 3.05) is 5.88 Å². The van der Waals surface area contributed by atoms with Crippen LogP contribution in [0, 0.1) is 6.92 Å². The number of rotatable bonds is 4. The van der Waals surface area contributed by atoms with Crippen molar-refractivity contribution < 1.29 is 4.79 Å². The van der Waals surface area contributed by atoms with Crippen LogP contribution in [0.2, 0.25) is 0 Å². The minimum Gasteiger partial charge on any atom is -0.345 e. The second-order valence-electron chi connectivity index (χ2n) is 2.94. The summed E-state index contributed by atoms with van der Waals surface area (Å²) in [6.45, 7) is 3.76. The second kappa shape index (κ2) is 4.95. The van der Waals surface area contributed by atoms with Gasteiger partial charge in [-0.05, 0) is 13.3 Å². The number of nitrogens with one attached hydrogen (secondary N) is 2. The summed E-state index contributed by atoms with van der Waals surface area (Å²) in [6, 6.07) is -0.161. The molecule has 0 spiro atoms. The molecule has 0 bridgehead atoms. The summed E-state index contributed by atoms with van der Waals surface area (Å²) in [5, 5.41) is 9.44. The maximum atomic E-state index is 11.1. The van der Waals surface area contributed by atoms with E-state index in [4.69, 9.17) is 11.6 Å². The van der Waals surface area contributed by atoms with Gasteiger partial charge in [0.25, 0.3) is 0 Å². The zero-order chi connectivity index (χ0) is 10.6. The number of carbonyl (C=O) groups is 1. The molecule has 1 atom stereocenters. The quantitative estimate of drug-likeness (QED) is 0.736. The van der Waals surface area contributed by atoms with Gasteiger partial charge in [0.1, 0.15) is 11.7 Å². The highest BCUT2D eigenvalue weighted by Gasteiger charge is 2.15. The van der Waals surface area contributed by atoms with E-state index in [2.05, 4.69) is 20.5 Å². The Morgan fingerprint density at radius 2 is 2.43 bits per heavy atom. The van der Waals surface area contributed by atoms with E-state index >= 15 is 0 Å². The third kappa shape index (κ3) is 2.70. The van der Waals surface area contributed by atoms with E-state index in [0.717, 1.165) is 12.2 Å². The van der Waals surface area contributed by atoms with Gasteiger partial charge in [0.15, 0.2) is 5.82 Å². The van der Waals surface area contributed by atoms with Crippen LogP contribution >= 0.6 is 11.6 Å². The van der Waals surface area contributed by atoms with Gasteiger partial charge in [0.05, 0.1) is 6.04 Å². The molecule has 2 N–H and O–H groups in total. The Bertz CT molecular complexity index is 312. The lowest BCUT2D eigenvalue weighted by atomic mass is 10.2. The molecule has 1 rings (SSSR count). The van der Waals surface area contributed by atoms with Crippen molar-refractivity contribution in [1.82, 2.24) is 20.5 Å². The van der Waals surface area contributed by atoms with Crippen LogP contribution in [0.1, 0.15) is 31.0 Å². The molecule has 0 aliphatic rings. The number of carbonyl (C=O) groups excluding carboxylic acids is 1. The number of amides is 1. The fourth-order valence-corrected chi connectivity index (χ4v) is 1.18. The van der Waals surface area contributed by atoms with Gasteiger partial charge in [-0.3, -0.25) is 9.89 Å². The third-order valence-electron chi connectivity index (χ3n) is 1.79. The highest BCUT2D eigenvalue weighted by Crippen LogP contribution is 2.11. The molecule has 78 valence electrons. The van der Waals surface area contributed by atoms with Crippen LogP contribution in [0.4, 0.5) is 0 Å². The van der Waals surface area contributed by atoms with Crippen LogP contribution in [0.15, 0.2) is 0 Å². The van der Waals surface area contributed by atoms with Crippen LogP contribution < -0.4 is 5.32 Å². The Labute approximate surface area is 87.3 Å². The normalized spacial score (nSPS) is 12.5. The number of hydrogen-bond donors (Lipinski definition) is 2. The molecule has 0 unspecified atom stereocenters. The predicted octanol–water partition coefficient (Wildman–Crippen LogP) is 0.919. The van der Waals surface area contributed by atoms with E-state index in [1.807, 2.05) is 13.8 Å². The van der Waals surface area contributed by atoms with Crippen LogP contribution in [-0.4, -0.2) is 27.0 Å². The van der Waals surface area contributed by atoms with E-state index in [0.29, 0.717) is 5.82 Å². The Hall–Kier alpha value is -1.10. The first kappa shape index (κ1) is 11.0. The van der Waals surface area contributed by atoms with Gasteiger partial charge < -0.3 is 5.32 Å². The number of aromatic amines is 1. The van der Waals surface area contributed by atoms with Gasteiger partial charge in [-0.2, -0.15) is 5.10 Å². The maximum absolute atomic E-state index is 11.1. The number of alkyl halides is 1. The third-order valence-corrected chi connectivity index (χ3v) is 2.03. The summed E-state index contributed by atoms with van der Waals surface area (Å²) < 4.78 is 0. The summed E-state index contributed by atoms with van der Waals surface area (Å²) in [6.07, 6.45) is 0.736. The fourth-order valence-electron chi connectivity index (χ4n) is 1.10. The maximum Gasteiger partial charge on any atom is 0.235 e. The first-order valence-corrected chi connectivity index (χ1v) is 4.95. The largest absolute Gasteiger partial charge is 0.345 e. The van der Waals surface area contributed by atoms with Crippen molar-refractivity contribution in [2.24, 2.45) is 0 Å². The van der Waals surface area contributed by atoms with Crippen LogP contribution in [0.3, 0.4) is 0 Å². The number of aryl methyl sites for hydroxylation is 1. The summed E-state index contributed by atoms with van der Waals surface area (Å²) in [7, 11) is 0. The van der Waals surface area contributed by atoms with Crippen molar-refractivity contribution >= 4 is 17.5 Å². The van der Waals surface area contributed by atoms with Gasteiger partial charge in [-0.15, -0.1) is 11.6 Å². The molecule has 1 aromatic rings. The standard InChI is InChI=1S/C8H13ClN4O/c1-3-6(11-7(14)4-9)8-10-5(2)12-13-8/h6H,3-4H2,1-2H3,(H,11,14)(H,10,12,13)/t6-/m1/s1. The van der Waals surface area contributed by atoms with Gasteiger partial charge in [0, 0.05) is 0 Å². The molecule has 0 fully saturated rings. The number of hydrogen-bond acceptors (Lipinski definition) is 3. The van der Waals surface area contributed by atoms with Gasteiger partial charge in [0.2, 0.25) is 5.91 Å². The van der Waals surface area contributed by atoms with Crippen LogP contribution in [0.25, 0.3) is 0 Å². The van der Waals surface area contributed by atoms with E-state index in [1.165, 1.54) is 0 Å². The molecule has 1 heterocycles. The van der Waals surface area contributed by atoms with Crippen molar-refractivity contribution in [3.63, 3.8) is 0 Å². The SMILES string of the molecule is CC[C@@H](NC(=O)CCl)c1n[nH]c(C)n1. The molecular formula is C8H13ClN4O. The van der Waals surface area contributed by atoms with E-state index in [9.17, 15) is 4.79 Å². The number of aromatic nitrogens is 3. The molecule has 0 saturated heterocycles. The smallest absolute Gasteiger partial charge is 0.235 e. The highest BCUT2D eigenvalue weighted by atomic mass is 35.5. The lowest BCUT2D eigenvalue weighted by Crippen LogP contribution is -2.29. The Balaban J connectivity index is 2.67. The molecule has 1 aromatic heterocycles. The van der Waals surface area contributed by atoms with Gasteiger partial charge >= 0.3 is 0 Å². The molecule has 0 saturated carbocycles. The highest BCUT2D eigenvalue weighted by molar-refractivity contribution is 6.27. The fraction of sp³-hybridized carbons (Fsp3) is 0.625. The zero-order valence-electron chi connectivity index (χ0n) is 8.17.